The highest BCUT2D eigenvalue weighted by Crippen LogP contribution is 2.17. The summed E-state index contributed by atoms with van der Waals surface area (Å²) in [7, 11) is 0. The quantitative estimate of drug-likeness (QED) is 0.624. The summed E-state index contributed by atoms with van der Waals surface area (Å²) in [5.74, 6) is -0.507. The van der Waals surface area contributed by atoms with Crippen LogP contribution in [0, 0.1) is 11.8 Å². The van der Waals surface area contributed by atoms with E-state index in [1.807, 2.05) is 6.92 Å². The smallest absolute Gasteiger partial charge is 0.308 e. The van der Waals surface area contributed by atoms with Gasteiger partial charge in [-0.25, -0.2) is 0 Å². The van der Waals surface area contributed by atoms with Gasteiger partial charge in [0, 0.05) is 6.54 Å². The average Bonchev–Trinajstić information content (AvgIpc) is 1.88. The fourth-order valence-corrected chi connectivity index (χ4v) is 1.32. The van der Waals surface area contributed by atoms with Crippen LogP contribution in [0.3, 0.4) is 0 Å². The van der Waals surface area contributed by atoms with Gasteiger partial charge in [-0.05, 0) is 18.9 Å². The maximum Gasteiger partial charge on any atom is 0.308 e. The first-order chi connectivity index (χ1) is 4.72. The van der Waals surface area contributed by atoms with E-state index in [0.717, 1.165) is 13.0 Å². The molecule has 3 nitrogen and oxygen atoms in total. The molecule has 0 radical (unpaired) electrons. The molecule has 0 amide bonds. The summed E-state index contributed by atoms with van der Waals surface area (Å²) >= 11 is 0. The minimum Gasteiger partial charge on any atom is -0.481 e. The van der Waals surface area contributed by atoms with Gasteiger partial charge in [0.25, 0.3) is 0 Å². The second kappa shape index (κ2) is 4.57. The molecule has 66 valence electrons. The molecule has 0 spiro atoms. The van der Waals surface area contributed by atoms with E-state index in [-0.39, 0.29) is 18.3 Å². The Balaban J connectivity index is 0.000001000. The molecule has 1 aliphatic rings. The van der Waals surface area contributed by atoms with Gasteiger partial charge in [-0.1, -0.05) is 6.92 Å². The van der Waals surface area contributed by atoms with Crippen molar-refractivity contribution < 1.29 is 9.90 Å². The summed E-state index contributed by atoms with van der Waals surface area (Å²) in [5, 5.41) is 11.7. The van der Waals surface area contributed by atoms with E-state index < -0.39 is 5.97 Å². The second-order valence-electron chi connectivity index (χ2n) is 2.91. The van der Waals surface area contributed by atoms with Gasteiger partial charge in [0.05, 0.1) is 5.92 Å². The van der Waals surface area contributed by atoms with E-state index >= 15 is 0 Å². The van der Waals surface area contributed by atoms with Crippen molar-refractivity contribution in [2.45, 2.75) is 13.3 Å². The zero-order valence-corrected chi connectivity index (χ0v) is 7.36. The first kappa shape index (κ1) is 10.7. The number of aliphatic carboxylic acids is 1. The first-order valence-electron chi connectivity index (χ1n) is 3.65. The summed E-state index contributed by atoms with van der Waals surface area (Å²) in [4.78, 5) is 10.5. The van der Waals surface area contributed by atoms with Crippen molar-refractivity contribution in [1.29, 1.82) is 0 Å². The van der Waals surface area contributed by atoms with Crippen molar-refractivity contribution in [3.8, 4) is 0 Å². The third-order valence-corrected chi connectivity index (χ3v) is 2.14. The molecule has 0 aromatic heterocycles. The zero-order chi connectivity index (χ0) is 7.56. The Labute approximate surface area is 72.6 Å². The van der Waals surface area contributed by atoms with E-state index in [4.69, 9.17) is 5.11 Å². The lowest BCUT2D eigenvalue weighted by Crippen LogP contribution is -2.39. The standard InChI is InChI=1S/C7H13NO2.ClH/c1-5-2-3-8-4-6(5)7(9)10;/h5-6,8H,2-4H2,1H3,(H,9,10);1H/t5-,6+;/m1./s1. The zero-order valence-electron chi connectivity index (χ0n) is 6.54. The molecule has 4 heteroatoms. The minimum atomic E-state index is -0.667. The molecule has 1 aliphatic heterocycles. The lowest BCUT2D eigenvalue weighted by molar-refractivity contribution is -0.143. The van der Waals surface area contributed by atoms with Gasteiger partial charge in [0.2, 0.25) is 0 Å². The maximum absolute atomic E-state index is 10.5. The van der Waals surface area contributed by atoms with E-state index in [1.165, 1.54) is 0 Å². The molecule has 0 aromatic carbocycles. The fourth-order valence-electron chi connectivity index (χ4n) is 1.32. The molecule has 1 saturated heterocycles. The normalized spacial score (nSPS) is 30.6. The molecule has 2 atom stereocenters. The summed E-state index contributed by atoms with van der Waals surface area (Å²) < 4.78 is 0. The topological polar surface area (TPSA) is 49.3 Å². The van der Waals surface area contributed by atoms with Crippen LogP contribution in [-0.2, 0) is 4.79 Å². The van der Waals surface area contributed by atoms with Gasteiger partial charge < -0.3 is 10.4 Å². The van der Waals surface area contributed by atoms with Crippen molar-refractivity contribution in [3.05, 3.63) is 0 Å². The van der Waals surface area contributed by atoms with Crippen molar-refractivity contribution in [2.75, 3.05) is 13.1 Å². The Hall–Kier alpha value is -0.280. The monoisotopic (exact) mass is 179 g/mol. The molecular weight excluding hydrogens is 166 g/mol. The van der Waals surface area contributed by atoms with Gasteiger partial charge >= 0.3 is 5.97 Å². The highest BCUT2D eigenvalue weighted by atomic mass is 35.5. The largest absolute Gasteiger partial charge is 0.481 e. The van der Waals surface area contributed by atoms with Crippen LogP contribution in [0.4, 0.5) is 0 Å². The fraction of sp³-hybridized carbons (Fsp3) is 0.857. The van der Waals surface area contributed by atoms with E-state index in [1.54, 1.807) is 0 Å². The van der Waals surface area contributed by atoms with Crippen LogP contribution in [0.15, 0.2) is 0 Å². The van der Waals surface area contributed by atoms with Crippen molar-refractivity contribution in [1.82, 2.24) is 5.32 Å². The van der Waals surface area contributed by atoms with E-state index in [2.05, 4.69) is 5.32 Å². The number of hydrogen-bond donors (Lipinski definition) is 2. The number of nitrogens with one attached hydrogen (secondary N) is 1. The van der Waals surface area contributed by atoms with Crippen LogP contribution >= 0.6 is 12.4 Å². The third kappa shape index (κ3) is 2.67. The Morgan fingerprint density at radius 1 is 1.64 bits per heavy atom. The van der Waals surface area contributed by atoms with E-state index in [9.17, 15) is 4.79 Å². The number of carboxylic acids is 1. The van der Waals surface area contributed by atoms with Crippen molar-refractivity contribution in [2.24, 2.45) is 11.8 Å². The van der Waals surface area contributed by atoms with Crippen LogP contribution in [0.5, 0.6) is 0 Å². The highest BCUT2D eigenvalue weighted by Gasteiger charge is 2.26. The summed E-state index contributed by atoms with van der Waals surface area (Å²) in [5.41, 5.74) is 0. The predicted molar refractivity (Wildman–Crippen MR) is 45.0 cm³/mol. The third-order valence-electron chi connectivity index (χ3n) is 2.14. The number of halogens is 1. The predicted octanol–water partition coefficient (Wildman–Crippen LogP) is 0.738. The summed E-state index contributed by atoms with van der Waals surface area (Å²) in [6, 6.07) is 0. The average molecular weight is 180 g/mol. The number of rotatable bonds is 1. The Morgan fingerprint density at radius 3 is 2.64 bits per heavy atom. The minimum absolute atomic E-state index is 0. The summed E-state index contributed by atoms with van der Waals surface area (Å²) in [6.07, 6.45) is 0.983. The highest BCUT2D eigenvalue weighted by molar-refractivity contribution is 5.85. The molecule has 1 heterocycles. The van der Waals surface area contributed by atoms with Crippen LogP contribution in [0.2, 0.25) is 0 Å². The van der Waals surface area contributed by atoms with Gasteiger partial charge in [-0.2, -0.15) is 0 Å². The molecule has 0 unspecified atom stereocenters. The van der Waals surface area contributed by atoms with Gasteiger partial charge in [-0.3, -0.25) is 4.79 Å². The van der Waals surface area contributed by atoms with Crippen LogP contribution < -0.4 is 5.32 Å². The molecule has 11 heavy (non-hydrogen) atoms. The Morgan fingerprint density at radius 2 is 2.27 bits per heavy atom. The maximum atomic E-state index is 10.5. The molecule has 2 N–H and O–H groups in total. The first-order valence-corrected chi connectivity index (χ1v) is 3.65. The molecule has 1 fully saturated rings. The van der Waals surface area contributed by atoms with Gasteiger partial charge in [-0.15, -0.1) is 12.4 Å². The number of carboxylic acid groups (broad SMARTS) is 1. The number of carbonyl (C=O) groups is 1. The van der Waals surface area contributed by atoms with Crippen molar-refractivity contribution in [3.63, 3.8) is 0 Å². The molecule has 1 rings (SSSR count). The molecule has 0 saturated carbocycles. The molecule has 0 aliphatic carbocycles. The van der Waals surface area contributed by atoms with Gasteiger partial charge in [0.1, 0.15) is 0 Å². The lowest BCUT2D eigenvalue weighted by atomic mass is 9.88. The molecular formula is C7H14ClNO2. The van der Waals surface area contributed by atoms with Gasteiger partial charge in [0.15, 0.2) is 0 Å². The summed E-state index contributed by atoms with van der Waals surface area (Å²) in [6.45, 7) is 3.60. The number of piperidine rings is 1. The molecule has 0 bridgehead atoms. The van der Waals surface area contributed by atoms with Crippen LogP contribution in [-0.4, -0.2) is 24.2 Å². The SMILES string of the molecule is C[C@@H]1CCNC[C@@H]1C(=O)O.Cl. The molecule has 0 aromatic rings. The van der Waals surface area contributed by atoms with E-state index in [0.29, 0.717) is 12.5 Å². The number of hydrogen-bond acceptors (Lipinski definition) is 2. The van der Waals surface area contributed by atoms with Crippen molar-refractivity contribution >= 4 is 18.4 Å². The Bertz CT molecular complexity index is 140. The second-order valence-corrected chi connectivity index (χ2v) is 2.91. The van der Waals surface area contributed by atoms with Crippen LogP contribution in [0.25, 0.3) is 0 Å². The van der Waals surface area contributed by atoms with Crippen LogP contribution in [0.1, 0.15) is 13.3 Å². The Kier molecular flexibility index (Phi) is 4.45. The lowest BCUT2D eigenvalue weighted by Gasteiger charge is -2.25.